The lowest BCUT2D eigenvalue weighted by Crippen LogP contribution is -2.24. The quantitative estimate of drug-likeness (QED) is 0.647. The molecule has 3 aromatic rings. The highest BCUT2D eigenvalue weighted by atomic mass is 32.1. The second kappa shape index (κ2) is 6.81. The Morgan fingerprint density at radius 3 is 3.04 bits per heavy atom. The first kappa shape index (κ1) is 17.2. The van der Waals surface area contributed by atoms with Crippen LogP contribution in [0.3, 0.4) is 0 Å². The predicted molar refractivity (Wildman–Crippen MR) is 101 cm³/mol. The fourth-order valence-electron chi connectivity index (χ4n) is 3.59. The normalized spacial score (nSPS) is 17.2. The number of aromatic nitrogens is 3. The molecule has 7 heteroatoms. The van der Waals surface area contributed by atoms with Gasteiger partial charge in [-0.2, -0.15) is 0 Å². The number of hydrogen-bond acceptors (Lipinski definition) is 5. The highest BCUT2D eigenvalue weighted by molar-refractivity contribution is 7.17. The minimum absolute atomic E-state index is 0.00386. The van der Waals surface area contributed by atoms with Gasteiger partial charge >= 0.3 is 0 Å². The summed E-state index contributed by atoms with van der Waals surface area (Å²) in [6, 6.07) is 3.72. The van der Waals surface area contributed by atoms with Crippen molar-refractivity contribution in [2.45, 2.75) is 45.9 Å². The Bertz CT molecular complexity index is 1020. The van der Waals surface area contributed by atoms with Crippen molar-refractivity contribution >= 4 is 27.3 Å². The van der Waals surface area contributed by atoms with E-state index in [1.54, 1.807) is 0 Å². The van der Waals surface area contributed by atoms with E-state index in [9.17, 15) is 9.59 Å². The van der Waals surface area contributed by atoms with Crippen LogP contribution in [0.5, 0.6) is 0 Å². The Morgan fingerprint density at radius 1 is 1.42 bits per heavy atom. The lowest BCUT2D eigenvalue weighted by atomic mass is 10.1. The lowest BCUT2D eigenvalue weighted by molar-refractivity contribution is 0.0948. The molecule has 1 aliphatic rings. The summed E-state index contributed by atoms with van der Waals surface area (Å²) in [5.41, 5.74) is 3.16. The van der Waals surface area contributed by atoms with Crippen LogP contribution in [-0.4, -0.2) is 32.6 Å². The Kier molecular flexibility index (Phi) is 4.50. The molecule has 1 fully saturated rings. The zero-order chi connectivity index (χ0) is 18.3. The van der Waals surface area contributed by atoms with Crippen LogP contribution in [0.1, 0.15) is 34.6 Å². The third-order valence-electron chi connectivity index (χ3n) is 5.03. The topological polar surface area (TPSA) is 66.1 Å². The van der Waals surface area contributed by atoms with Gasteiger partial charge in [0.2, 0.25) is 0 Å². The number of carbonyl (C=O) groups excluding carboxylic acids is 1. The molecular weight excluding hydrogens is 350 g/mol. The zero-order valence-corrected chi connectivity index (χ0v) is 15.7. The van der Waals surface area contributed by atoms with Crippen LogP contribution in [-0.2, 0) is 17.8 Å². The molecule has 6 nitrogen and oxygen atoms in total. The molecule has 0 saturated carbocycles. The molecule has 0 radical (unpaired) electrons. The Morgan fingerprint density at radius 2 is 2.27 bits per heavy atom. The largest absolute Gasteiger partial charge is 0.376 e. The summed E-state index contributed by atoms with van der Waals surface area (Å²) in [7, 11) is 0. The molecule has 136 valence electrons. The molecule has 0 amide bonds. The van der Waals surface area contributed by atoms with Crippen molar-refractivity contribution in [3.63, 3.8) is 0 Å². The molecule has 4 rings (SSSR count). The Balaban J connectivity index is 1.59. The first-order valence-electron chi connectivity index (χ1n) is 8.79. The second-order valence-corrected chi connectivity index (χ2v) is 7.68. The van der Waals surface area contributed by atoms with E-state index in [1.165, 1.54) is 22.2 Å². The van der Waals surface area contributed by atoms with E-state index in [-0.39, 0.29) is 24.0 Å². The maximum Gasteiger partial charge on any atom is 0.271 e. The molecule has 1 atom stereocenters. The summed E-state index contributed by atoms with van der Waals surface area (Å²) in [6.07, 6.45) is 3.83. The van der Waals surface area contributed by atoms with Crippen LogP contribution in [0.4, 0.5) is 0 Å². The van der Waals surface area contributed by atoms with Gasteiger partial charge < -0.3 is 9.30 Å². The van der Waals surface area contributed by atoms with Crippen LogP contribution in [0.25, 0.3) is 10.2 Å². The number of rotatable bonds is 5. The fourth-order valence-corrected chi connectivity index (χ4v) is 4.38. The molecule has 0 N–H and O–H groups in total. The number of hydrogen-bond donors (Lipinski definition) is 0. The molecule has 26 heavy (non-hydrogen) atoms. The summed E-state index contributed by atoms with van der Waals surface area (Å²) in [5, 5.41) is 1.84. The Labute approximate surface area is 155 Å². The summed E-state index contributed by atoms with van der Waals surface area (Å²) >= 11 is 1.35. The molecule has 1 aliphatic heterocycles. The van der Waals surface area contributed by atoms with Crippen molar-refractivity contribution < 1.29 is 9.53 Å². The number of aryl methyl sites for hydroxylation is 1. The summed E-state index contributed by atoms with van der Waals surface area (Å²) < 4.78 is 9.85. The van der Waals surface area contributed by atoms with Crippen LogP contribution in [0.15, 0.2) is 28.6 Å². The van der Waals surface area contributed by atoms with E-state index >= 15 is 0 Å². The average molecular weight is 371 g/mol. The number of fused-ring (bicyclic) bond motifs is 1. The standard InChI is InChI=1S/C19H21N3O3S/c1-12-8-15(13(2)22(12)9-14-4-3-6-25-14)17(23)10-21-11-20-16-5-7-26-18(16)19(21)24/h5,7-8,11,14H,3-4,6,9-10H2,1-2H3. The lowest BCUT2D eigenvalue weighted by Gasteiger charge is -2.14. The first-order chi connectivity index (χ1) is 12.5. The fraction of sp³-hybridized carbons (Fsp3) is 0.421. The number of nitrogens with zero attached hydrogens (tertiary/aromatic N) is 3. The van der Waals surface area contributed by atoms with Gasteiger partial charge in [-0.15, -0.1) is 11.3 Å². The zero-order valence-electron chi connectivity index (χ0n) is 14.9. The molecule has 0 bridgehead atoms. The van der Waals surface area contributed by atoms with Gasteiger partial charge in [-0.3, -0.25) is 14.2 Å². The second-order valence-electron chi connectivity index (χ2n) is 6.77. The van der Waals surface area contributed by atoms with Gasteiger partial charge in [0.1, 0.15) is 4.70 Å². The number of thiophene rings is 1. The molecule has 0 aromatic carbocycles. The highest BCUT2D eigenvalue weighted by Crippen LogP contribution is 2.21. The van der Waals surface area contributed by atoms with E-state index in [0.29, 0.717) is 15.8 Å². The summed E-state index contributed by atoms with van der Waals surface area (Å²) in [5.74, 6) is -0.0727. The van der Waals surface area contributed by atoms with Crippen molar-refractivity contribution in [3.8, 4) is 0 Å². The van der Waals surface area contributed by atoms with Crippen molar-refractivity contribution in [1.29, 1.82) is 0 Å². The monoisotopic (exact) mass is 371 g/mol. The van der Waals surface area contributed by atoms with Gasteiger partial charge in [-0.1, -0.05) is 0 Å². The smallest absolute Gasteiger partial charge is 0.271 e. The SMILES string of the molecule is Cc1cc(C(=O)Cn2cnc3ccsc3c2=O)c(C)n1CC1CCCO1. The Hall–Kier alpha value is -2.25. The molecule has 1 unspecified atom stereocenters. The van der Waals surface area contributed by atoms with Crippen LogP contribution >= 0.6 is 11.3 Å². The minimum atomic E-state index is -0.161. The van der Waals surface area contributed by atoms with Gasteiger partial charge in [0.25, 0.3) is 5.56 Å². The van der Waals surface area contributed by atoms with Crippen LogP contribution < -0.4 is 5.56 Å². The van der Waals surface area contributed by atoms with E-state index in [1.807, 2.05) is 31.4 Å². The number of carbonyl (C=O) groups is 1. The highest BCUT2D eigenvalue weighted by Gasteiger charge is 2.21. The van der Waals surface area contributed by atoms with Gasteiger partial charge in [0, 0.05) is 30.1 Å². The summed E-state index contributed by atoms with van der Waals surface area (Å²) in [4.78, 5) is 29.6. The number of Topliss-reactive ketones (excluding diaryl/α,β-unsaturated/α-hetero) is 1. The van der Waals surface area contributed by atoms with Crippen LogP contribution in [0, 0.1) is 13.8 Å². The molecule has 4 heterocycles. The van der Waals surface area contributed by atoms with Gasteiger partial charge in [0.15, 0.2) is 5.78 Å². The van der Waals surface area contributed by atoms with E-state index in [4.69, 9.17) is 4.74 Å². The van der Waals surface area contributed by atoms with Gasteiger partial charge in [0.05, 0.1) is 24.5 Å². The maximum atomic E-state index is 12.8. The van der Waals surface area contributed by atoms with Crippen molar-refractivity contribution in [2.24, 2.45) is 0 Å². The minimum Gasteiger partial charge on any atom is -0.376 e. The maximum absolute atomic E-state index is 12.8. The third kappa shape index (κ3) is 3.01. The summed E-state index contributed by atoms with van der Waals surface area (Å²) in [6.45, 7) is 5.55. The van der Waals surface area contributed by atoms with Crippen molar-refractivity contribution in [1.82, 2.24) is 14.1 Å². The van der Waals surface area contributed by atoms with Gasteiger partial charge in [-0.25, -0.2) is 4.98 Å². The molecule has 1 saturated heterocycles. The molecule has 3 aromatic heterocycles. The molecule has 0 spiro atoms. The predicted octanol–water partition coefficient (Wildman–Crippen LogP) is 2.94. The van der Waals surface area contributed by atoms with Crippen molar-refractivity contribution in [3.05, 3.63) is 51.1 Å². The van der Waals surface area contributed by atoms with Crippen LogP contribution in [0.2, 0.25) is 0 Å². The van der Waals surface area contributed by atoms with E-state index in [2.05, 4.69) is 9.55 Å². The van der Waals surface area contributed by atoms with Gasteiger partial charge in [-0.05, 0) is 44.2 Å². The average Bonchev–Trinajstić information content (AvgIpc) is 3.35. The first-order valence-corrected chi connectivity index (χ1v) is 9.66. The third-order valence-corrected chi connectivity index (χ3v) is 5.93. The molecular formula is C19H21N3O3S. The van der Waals surface area contributed by atoms with E-state index in [0.717, 1.165) is 37.4 Å². The van der Waals surface area contributed by atoms with Crippen molar-refractivity contribution in [2.75, 3.05) is 6.61 Å². The van der Waals surface area contributed by atoms with E-state index < -0.39 is 0 Å². The number of ether oxygens (including phenoxy) is 1. The molecule has 0 aliphatic carbocycles. The number of ketones is 1.